The van der Waals surface area contributed by atoms with Crippen molar-refractivity contribution in [3.63, 3.8) is 0 Å². The number of rotatable bonds is 1. The Morgan fingerprint density at radius 3 is 1.94 bits per heavy atom. The fraction of sp³-hybridized carbons (Fsp3) is 0.538. The van der Waals surface area contributed by atoms with Gasteiger partial charge in [0, 0.05) is 0 Å². The molecule has 16 heavy (non-hydrogen) atoms. The van der Waals surface area contributed by atoms with Gasteiger partial charge in [0.25, 0.3) is 0 Å². The van der Waals surface area contributed by atoms with E-state index in [0.29, 0.717) is 12.0 Å². The lowest BCUT2D eigenvalue weighted by atomic mass is 9.82. The maximum atomic E-state index is 12.9. The van der Waals surface area contributed by atoms with Crippen LogP contribution in [0, 0.1) is 0 Å². The molecule has 1 aromatic rings. The zero-order chi connectivity index (χ0) is 12.6. The van der Waals surface area contributed by atoms with Gasteiger partial charge in [-0.25, -0.2) is 0 Å². The third-order valence-corrected chi connectivity index (χ3v) is 2.61. The van der Waals surface area contributed by atoms with E-state index >= 15 is 0 Å². The van der Waals surface area contributed by atoms with Gasteiger partial charge in [-0.15, -0.1) is 0 Å². The van der Waals surface area contributed by atoms with Crippen LogP contribution in [0.4, 0.5) is 13.2 Å². The van der Waals surface area contributed by atoms with Crippen LogP contribution in [0.5, 0.6) is 0 Å². The molecule has 0 heterocycles. The van der Waals surface area contributed by atoms with E-state index in [4.69, 9.17) is 0 Å². The summed E-state index contributed by atoms with van der Waals surface area (Å²) in [5.74, 6) is 0. The largest absolute Gasteiger partial charge is 0.416 e. The number of hydrogen-bond acceptors (Lipinski definition) is 0. The summed E-state index contributed by atoms with van der Waals surface area (Å²) in [6, 6.07) is 4.64. The Kier molecular flexibility index (Phi) is 3.36. The molecule has 0 fully saturated rings. The predicted octanol–water partition coefficient (Wildman–Crippen LogP) is 4.57. The Morgan fingerprint density at radius 2 is 1.56 bits per heavy atom. The van der Waals surface area contributed by atoms with Gasteiger partial charge in [0.15, 0.2) is 0 Å². The number of hydrogen-bond donors (Lipinski definition) is 0. The topological polar surface area (TPSA) is 0 Å². The van der Waals surface area contributed by atoms with Crippen molar-refractivity contribution in [1.82, 2.24) is 0 Å². The van der Waals surface area contributed by atoms with Crippen LogP contribution in [0.15, 0.2) is 18.2 Å². The molecule has 0 radical (unpaired) electrons. The van der Waals surface area contributed by atoms with Gasteiger partial charge in [-0.05, 0) is 29.0 Å². The Morgan fingerprint density at radius 1 is 1.00 bits per heavy atom. The summed E-state index contributed by atoms with van der Waals surface area (Å²) >= 11 is 0. The molecule has 0 aliphatic heterocycles. The van der Waals surface area contributed by atoms with Crippen LogP contribution >= 0.6 is 0 Å². The molecule has 1 rings (SSSR count). The summed E-state index contributed by atoms with van der Waals surface area (Å²) < 4.78 is 38.7. The molecule has 0 nitrogen and oxygen atoms in total. The van der Waals surface area contributed by atoms with Crippen LogP contribution in [0.2, 0.25) is 0 Å². The molecule has 1 aromatic carbocycles. The second kappa shape index (κ2) is 4.11. The highest BCUT2D eigenvalue weighted by Gasteiger charge is 2.36. The Hall–Kier alpha value is -0.990. The summed E-state index contributed by atoms with van der Waals surface area (Å²) in [5.41, 5.74) is 0.0915. The molecule has 0 spiro atoms. The first-order valence-electron chi connectivity index (χ1n) is 5.37. The van der Waals surface area contributed by atoms with Crippen molar-refractivity contribution >= 4 is 0 Å². The molecule has 0 amide bonds. The van der Waals surface area contributed by atoms with Crippen molar-refractivity contribution < 1.29 is 13.2 Å². The monoisotopic (exact) mass is 230 g/mol. The summed E-state index contributed by atoms with van der Waals surface area (Å²) in [7, 11) is 0. The average molecular weight is 230 g/mol. The van der Waals surface area contributed by atoms with E-state index in [2.05, 4.69) is 0 Å². The smallest absolute Gasteiger partial charge is 0.166 e. The van der Waals surface area contributed by atoms with Crippen molar-refractivity contribution in [3.8, 4) is 0 Å². The molecule has 0 aliphatic carbocycles. The lowest BCUT2D eigenvalue weighted by Gasteiger charge is -2.24. The van der Waals surface area contributed by atoms with E-state index in [1.165, 1.54) is 6.07 Å². The predicted molar refractivity (Wildman–Crippen MR) is 59.5 cm³/mol. The van der Waals surface area contributed by atoms with E-state index in [1.807, 2.05) is 6.92 Å². The Bertz CT molecular complexity index is 370. The minimum atomic E-state index is -4.27. The molecule has 0 bridgehead atoms. The van der Waals surface area contributed by atoms with Gasteiger partial charge in [-0.2, -0.15) is 13.2 Å². The van der Waals surface area contributed by atoms with Crippen LogP contribution in [-0.2, 0) is 18.0 Å². The molecular weight excluding hydrogens is 213 g/mol. The lowest BCUT2D eigenvalue weighted by molar-refractivity contribution is -0.138. The quantitative estimate of drug-likeness (QED) is 0.663. The fourth-order valence-corrected chi connectivity index (χ4v) is 1.70. The molecule has 0 unspecified atom stereocenters. The maximum absolute atomic E-state index is 12.9. The first kappa shape index (κ1) is 13.1. The minimum absolute atomic E-state index is 0.359. The van der Waals surface area contributed by atoms with Crippen LogP contribution in [0.25, 0.3) is 0 Å². The lowest BCUT2D eigenvalue weighted by Crippen LogP contribution is -2.19. The normalized spacial score (nSPS) is 12.9. The summed E-state index contributed by atoms with van der Waals surface area (Å²) in [6.45, 7) is 7.24. The number of aryl methyl sites for hydroxylation is 1. The number of halogens is 3. The SMILES string of the molecule is CCc1ccc(C(C)(C)C)c(C(F)(F)F)c1. The summed E-state index contributed by atoms with van der Waals surface area (Å²) in [6.07, 6.45) is -3.65. The van der Waals surface area contributed by atoms with Crippen molar-refractivity contribution in [3.05, 3.63) is 34.9 Å². The van der Waals surface area contributed by atoms with E-state index < -0.39 is 17.2 Å². The van der Waals surface area contributed by atoms with Crippen molar-refractivity contribution in [2.24, 2.45) is 0 Å². The molecule has 0 aromatic heterocycles. The van der Waals surface area contributed by atoms with E-state index in [1.54, 1.807) is 32.9 Å². The van der Waals surface area contributed by atoms with Gasteiger partial charge < -0.3 is 0 Å². The Labute approximate surface area is 94.5 Å². The van der Waals surface area contributed by atoms with Gasteiger partial charge in [0.1, 0.15) is 0 Å². The average Bonchev–Trinajstić information content (AvgIpc) is 2.14. The summed E-state index contributed by atoms with van der Waals surface area (Å²) in [4.78, 5) is 0. The molecule has 0 saturated heterocycles. The third kappa shape index (κ3) is 2.77. The van der Waals surface area contributed by atoms with Gasteiger partial charge in [-0.3, -0.25) is 0 Å². The van der Waals surface area contributed by atoms with Gasteiger partial charge in [0.2, 0.25) is 0 Å². The minimum Gasteiger partial charge on any atom is -0.166 e. The van der Waals surface area contributed by atoms with Crippen molar-refractivity contribution in [2.75, 3.05) is 0 Å². The first-order valence-corrected chi connectivity index (χ1v) is 5.37. The molecule has 0 aliphatic rings. The maximum Gasteiger partial charge on any atom is 0.416 e. The van der Waals surface area contributed by atoms with E-state index in [9.17, 15) is 13.2 Å². The standard InChI is InChI=1S/C13H17F3/c1-5-9-6-7-10(12(2,3)4)11(8-9)13(14,15)16/h6-8H,5H2,1-4H3. The Balaban J connectivity index is 3.40. The second-order valence-electron chi connectivity index (χ2n) is 4.98. The molecule has 3 heteroatoms. The third-order valence-electron chi connectivity index (χ3n) is 2.61. The fourth-order valence-electron chi connectivity index (χ4n) is 1.70. The van der Waals surface area contributed by atoms with Crippen LogP contribution in [0.3, 0.4) is 0 Å². The van der Waals surface area contributed by atoms with Crippen LogP contribution < -0.4 is 0 Å². The number of benzene rings is 1. The van der Waals surface area contributed by atoms with E-state index in [0.717, 1.165) is 5.56 Å². The number of alkyl halides is 3. The van der Waals surface area contributed by atoms with Crippen molar-refractivity contribution in [1.29, 1.82) is 0 Å². The van der Waals surface area contributed by atoms with Gasteiger partial charge in [0.05, 0.1) is 5.56 Å². The molecule has 0 saturated carbocycles. The highest BCUT2D eigenvalue weighted by molar-refractivity contribution is 5.38. The van der Waals surface area contributed by atoms with Crippen LogP contribution in [0.1, 0.15) is 44.4 Å². The first-order chi connectivity index (χ1) is 7.16. The molecule has 0 atom stereocenters. The van der Waals surface area contributed by atoms with Gasteiger partial charge in [-0.1, -0.05) is 39.8 Å². The molecule has 0 N–H and O–H groups in total. The highest BCUT2D eigenvalue weighted by Crippen LogP contribution is 2.37. The van der Waals surface area contributed by atoms with Crippen molar-refractivity contribution in [2.45, 2.75) is 45.7 Å². The second-order valence-corrected chi connectivity index (χ2v) is 4.98. The van der Waals surface area contributed by atoms with Crippen LogP contribution in [-0.4, -0.2) is 0 Å². The van der Waals surface area contributed by atoms with E-state index in [-0.39, 0.29) is 0 Å². The van der Waals surface area contributed by atoms with Gasteiger partial charge >= 0.3 is 6.18 Å². The molecule has 90 valence electrons. The zero-order valence-electron chi connectivity index (χ0n) is 10.1. The molecular formula is C13H17F3. The summed E-state index contributed by atoms with van der Waals surface area (Å²) in [5, 5.41) is 0. The highest BCUT2D eigenvalue weighted by atomic mass is 19.4. The zero-order valence-corrected chi connectivity index (χ0v) is 10.1.